The summed E-state index contributed by atoms with van der Waals surface area (Å²) in [5.74, 6) is -0.0845. The Hall–Kier alpha value is -1.53. The molecule has 3 rings (SSSR count). The molecule has 0 unspecified atom stereocenters. The van der Waals surface area contributed by atoms with Gasteiger partial charge in [-0.2, -0.15) is 0 Å². The number of carbonyl (C=O) groups excluding carboxylic acids is 2. The lowest BCUT2D eigenvalue weighted by atomic mass is 10.1. The lowest BCUT2D eigenvalue weighted by molar-refractivity contribution is -0.116. The normalized spacial score (nSPS) is 14.1. The number of aryl methyl sites for hydroxylation is 4. The van der Waals surface area contributed by atoms with Gasteiger partial charge in [0.15, 0.2) is 10.9 Å². The second kappa shape index (κ2) is 7.57. The van der Waals surface area contributed by atoms with E-state index in [2.05, 4.69) is 10.3 Å². The van der Waals surface area contributed by atoms with Gasteiger partial charge < -0.3 is 5.32 Å². The van der Waals surface area contributed by atoms with Crippen LogP contribution < -0.4 is 5.32 Å². The maximum atomic E-state index is 12.2. The van der Waals surface area contributed by atoms with Crippen molar-refractivity contribution in [2.24, 2.45) is 0 Å². The molecule has 0 radical (unpaired) electrons. The molecule has 2 heterocycles. The van der Waals surface area contributed by atoms with Crippen LogP contribution in [0.5, 0.6) is 0 Å². The van der Waals surface area contributed by atoms with Crippen molar-refractivity contribution in [2.75, 3.05) is 5.32 Å². The van der Waals surface area contributed by atoms with Gasteiger partial charge in [0.05, 0.1) is 5.69 Å². The molecule has 0 aliphatic heterocycles. The highest BCUT2D eigenvalue weighted by Crippen LogP contribution is 2.29. The quantitative estimate of drug-likeness (QED) is 0.620. The van der Waals surface area contributed by atoms with Crippen molar-refractivity contribution in [3.63, 3.8) is 0 Å². The number of hydrogen-bond acceptors (Lipinski definition) is 5. The van der Waals surface area contributed by atoms with E-state index >= 15 is 0 Å². The summed E-state index contributed by atoms with van der Waals surface area (Å²) in [6.45, 7) is 3.95. The number of ketones is 1. The molecular weight excluding hydrogens is 340 g/mol. The summed E-state index contributed by atoms with van der Waals surface area (Å²) in [7, 11) is 0. The first kappa shape index (κ1) is 17.3. The third-order valence-corrected chi connectivity index (χ3v) is 6.30. The fraction of sp³-hybridized carbons (Fsp3) is 0.500. The third-order valence-electron chi connectivity index (χ3n) is 4.26. The van der Waals surface area contributed by atoms with E-state index in [1.165, 1.54) is 24.1 Å². The summed E-state index contributed by atoms with van der Waals surface area (Å²) < 4.78 is 0. The Morgan fingerprint density at radius 1 is 1.12 bits per heavy atom. The SMILES string of the molecule is Cc1cc(C(=O)CCC(=O)Nc2nc3c(s2)CCCCC3)c(C)s1. The number of amides is 1. The lowest BCUT2D eigenvalue weighted by Gasteiger charge is -2.02. The van der Waals surface area contributed by atoms with Gasteiger partial charge >= 0.3 is 0 Å². The van der Waals surface area contributed by atoms with Crippen LogP contribution in [0, 0.1) is 13.8 Å². The van der Waals surface area contributed by atoms with Crippen LogP contribution in [0.1, 0.15) is 62.8 Å². The first-order valence-corrected chi connectivity index (χ1v) is 10.0. The van der Waals surface area contributed by atoms with E-state index in [1.807, 2.05) is 19.9 Å². The molecule has 0 atom stereocenters. The molecule has 1 amide bonds. The molecule has 1 aliphatic rings. The number of aromatic nitrogens is 1. The number of rotatable bonds is 5. The first-order valence-electron chi connectivity index (χ1n) is 8.41. The summed E-state index contributed by atoms with van der Waals surface area (Å²) in [4.78, 5) is 32.4. The van der Waals surface area contributed by atoms with Crippen LogP contribution in [0.3, 0.4) is 0 Å². The monoisotopic (exact) mass is 362 g/mol. The summed E-state index contributed by atoms with van der Waals surface area (Å²) in [6, 6.07) is 1.91. The highest BCUT2D eigenvalue weighted by molar-refractivity contribution is 7.15. The molecule has 0 saturated heterocycles. The van der Waals surface area contributed by atoms with Gasteiger partial charge in [0, 0.05) is 33.0 Å². The molecule has 128 valence electrons. The number of hydrogen-bond donors (Lipinski definition) is 1. The predicted octanol–water partition coefficient (Wildman–Crippen LogP) is 4.69. The van der Waals surface area contributed by atoms with Crippen LogP contribution >= 0.6 is 22.7 Å². The Morgan fingerprint density at radius 3 is 2.67 bits per heavy atom. The second-order valence-electron chi connectivity index (χ2n) is 6.25. The number of carbonyl (C=O) groups is 2. The zero-order valence-electron chi connectivity index (χ0n) is 14.1. The topological polar surface area (TPSA) is 59.1 Å². The van der Waals surface area contributed by atoms with Gasteiger partial charge in [-0.25, -0.2) is 4.98 Å². The van der Waals surface area contributed by atoms with E-state index < -0.39 is 0 Å². The van der Waals surface area contributed by atoms with E-state index in [4.69, 9.17) is 0 Å². The smallest absolute Gasteiger partial charge is 0.226 e. The van der Waals surface area contributed by atoms with Gasteiger partial charge in [0.25, 0.3) is 0 Å². The largest absolute Gasteiger partial charge is 0.302 e. The molecule has 4 nitrogen and oxygen atoms in total. The molecule has 2 aromatic heterocycles. The Morgan fingerprint density at radius 2 is 1.92 bits per heavy atom. The zero-order chi connectivity index (χ0) is 17.1. The van der Waals surface area contributed by atoms with E-state index in [1.54, 1.807) is 22.7 Å². The van der Waals surface area contributed by atoms with Gasteiger partial charge in [0.1, 0.15) is 0 Å². The number of Topliss-reactive ketones (excluding diaryl/α,β-unsaturated/α-hetero) is 1. The average molecular weight is 363 g/mol. The molecule has 6 heteroatoms. The lowest BCUT2D eigenvalue weighted by Crippen LogP contribution is -2.13. The van der Waals surface area contributed by atoms with Crippen molar-refractivity contribution in [1.82, 2.24) is 4.98 Å². The van der Waals surface area contributed by atoms with Crippen molar-refractivity contribution in [2.45, 2.75) is 58.8 Å². The van der Waals surface area contributed by atoms with Crippen LogP contribution in [0.25, 0.3) is 0 Å². The van der Waals surface area contributed by atoms with Gasteiger partial charge in [-0.15, -0.1) is 22.7 Å². The number of nitrogens with one attached hydrogen (secondary N) is 1. The van der Waals surface area contributed by atoms with Crippen molar-refractivity contribution >= 4 is 39.5 Å². The van der Waals surface area contributed by atoms with Gasteiger partial charge in [-0.05, 0) is 45.6 Å². The fourth-order valence-corrected chi connectivity index (χ4v) is 5.04. The van der Waals surface area contributed by atoms with E-state index in [0.717, 1.165) is 33.9 Å². The summed E-state index contributed by atoms with van der Waals surface area (Å²) in [5.41, 5.74) is 1.90. The fourth-order valence-electron chi connectivity index (χ4n) is 3.03. The maximum Gasteiger partial charge on any atom is 0.226 e. The first-order chi connectivity index (χ1) is 11.5. The van der Waals surface area contributed by atoms with E-state index in [9.17, 15) is 9.59 Å². The molecule has 1 N–H and O–H groups in total. The van der Waals surface area contributed by atoms with Crippen LogP contribution in [-0.4, -0.2) is 16.7 Å². The van der Waals surface area contributed by atoms with Gasteiger partial charge in [0.2, 0.25) is 5.91 Å². The average Bonchev–Trinajstić information content (AvgIpc) is 2.99. The minimum absolute atomic E-state index is 0.0434. The van der Waals surface area contributed by atoms with Crippen molar-refractivity contribution < 1.29 is 9.59 Å². The van der Waals surface area contributed by atoms with Crippen LogP contribution in [0.15, 0.2) is 6.07 Å². The van der Waals surface area contributed by atoms with E-state index in [-0.39, 0.29) is 24.5 Å². The number of fused-ring (bicyclic) bond motifs is 1. The maximum absolute atomic E-state index is 12.2. The highest BCUT2D eigenvalue weighted by atomic mass is 32.1. The number of thiophene rings is 1. The number of nitrogens with zero attached hydrogens (tertiary/aromatic N) is 1. The Kier molecular flexibility index (Phi) is 5.46. The molecule has 0 spiro atoms. The Bertz CT molecular complexity index is 738. The predicted molar refractivity (Wildman–Crippen MR) is 99.4 cm³/mol. The van der Waals surface area contributed by atoms with E-state index in [0.29, 0.717) is 5.13 Å². The molecule has 0 bridgehead atoms. The molecule has 24 heavy (non-hydrogen) atoms. The molecule has 0 aromatic carbocycles. The van der Waals surface area contributed by atoms with Crippen molar-refractivity contribution in [3.8, 4) is 0 Å². The minimum Gasteiger partial charge on any atom is -0.302 e. The van der Waals surface area contributed by atoms with Crippen LogP contribution in [0.2, 0.25) is 0 Å². The zero-order valence-corrected chi connectivity index (χ0v) is 15.7. The summed E-state index contributed by atoms with van der Waals surface area (Å²) >= 11 is 3.21. The van der Waals surface area contributed by atoms with Crippen LogP contribution in [0.4, 0.5) is 5.13 Å². The molecule has 1 aliphatic carbocycles. The Balaban J connectivity index is 1.54. The van der Waals surface area contributed by atoms with Crippen molar-refractivity contribution in [3.05, 3.63) is 32.0 Å². The summed E-state index contributed by atoms with van der Waals surface area (Å²) in [6.07, 6.45) is 6.17. The molecule has 0 fully saturated rings. The number of anilines is 1. The molecule has 0 saturated carbocycles. The Labute approximate surface area is 150 Å². The number of thiazole rings is 1. The molecule has 2 aromatic rings. The van der Waals surface area contributed by atoms with Crippen molar-refractivity contribution in [1.29, 1.82) is 0 Å². The standard InChI is InChI=1S/C18H22N2O2S2/c1-11-10-13(12(2)23-11)15(21)8-9-17(22)20-18-19-14-6-4-3-5-7-16(14)24-18/h10H,3-9H2,1-2H3,(H,19,20,22). The summed E-state index contributed by atoms with van der Waals surface area (Å²) in [5, 5.41) is 3.55. The minimum atomic E-state index is -0.128. The highest BCUT2D eigenvalue weighted by Gasteiger charge is 2.17. The van der Waals surface area contributed by atoms with Gasteiger partial charge in [-0.3, -0.25) is 9.59 Å². The second-order valence-corrected chi connectivity index (χ2v) is 8.79. The van der Waals surface area contributed by atoms with Gasteiger partial charge in [-0.1, -0.05) is 6.42 Å². The third kappa shape index (κ3) is 4.11. The van der Waals surface area contributed by atoms with Crippen LogP contribution in [-0.2, 0) is 17.6 Å². The molecular formula is C18H22N2O2S2.